The molecular formula is C23H40N6O. The molecule has 0 aliphatic carbocycles. The summed E-state index contributed by atoms with van der Waals surface area (Å²) < 4.78 is 5.41. The van der Waals surface area contributed by atoms with Gasteiger partial charge in [-0.2, -0.15) is 0 Å². The number of rotatable bonds is 8. The van der Waals surface area contributed by atoms with Crippen LogP contribution in [-0.2, 0) is 4.74 Å². The standard InChI is InChI=1S/C23H40N6O/c1-4-24-23(26-9-11-28-16-18-30-19-17-28)25-8-10-27-12-14-29(15-13-27)22-7-5-6-20(2)21(22)3/h5-7H,4,8-19H2,1-3H3,(H2,24,25,26). The average molecular weight is 417 g/mol. The molecule has 0 saturated carbocycles. The number of nitrogens with one attached hydrogen (secondary N) is 2. The number of hydrogen-bond acceptors (Lipinski definition) is 5. The fourth-order valence-corrected chi connectivity index (χ4v) is 4.09. The van der Waals surface area contributed by atoms with Gasteiger partial charge in [0.05, 0.1) is 19.8 Å². The molecule has 7 nitrogen and oxygen atoms in total. The van der Waals surface area contributed by atoms with E-state index < -0.39 is 0 Å². The fourth-order valence-electron chi connectivity index (χ4n) is 4.09. The lowest BCUT2D eigenvalue weighted by Gasteiger charge is -2.36. The summed E-state index contributed by atoms with van der Waals surface area (Å²) in [5, 5.41) is 6.84. The van der Waals surface area contributed by atoms with E-state index in [9.17, 15) is 0 Å². The summed E-state index contributed by atoms with van der Waals surface area (Å²) in [6, 6.07) is 6.63. The Morgan fingerprint density at radius 2 is 1.70 bits per heavy atom. The molecule has 0 unspecified atom stereocenters. The van der Waals surface area contributed by atoms with Gasteiger partial charge in [-0.1, -0.05) is 12.1 Å². The van der Waals surface area contributed by atoms with E-state index in [0.717, 1.165) is 91.2 Å². The van der Waals surface area contributed by atoms with Gasteiger partial charge in [0.25, 0.3) is 0 Å². The first-order chi connectivity index (χ1) is 14.7. The van der Waals surface area contributed by atoms with Crippen LogP contribution in [0, 0.1) is 13.8 Å². The molecule has 30 heavy (non-hydrogen) atoms. The molecule has 2 fully saturated rings. The Morgan fingerprint density at radius 1 is 0.967 bits per heavy atom. The van der Waals surface area contributed by atoms with Crippen LogP contribution in [0.15, 0.2) is 23.2 Å². The summed E-state index contributed by atoms with van der Waals surface area (Å²) in [7, 11) is 0. The molecule has 0 spiro atoms. The van der Waals surface area contributed by atoms with Crippen LogP contribution >= 0.6 is 0 Å². The maximum atomic E-state index is 5.41. The van der Waals surface area contributed by atoms with Crippen LogP contribution in [0.1, 0.15) is 18.1 Å². The van der Waals surface area contributed by atoms with Crippen LogP contribution in [0.2, 0.25) is 0 Å². The molecule has 0 bridgehead atoms. The van der Waals surface area contributed by atoms with E-state index in [1.165, 1.54) is 16.8 Å². The summed E-state index contributed by atoms with van der Waals surface area (Å²) in [6.07, 6.45) is 0. The zero-order chi connectivity index (χ0) is 21.2. The highest BCUT2D eigenvalue weighted by atomic mass is 16.5. The number of benzene rings is 1. The summed E-state index contributed by atoms with van der Waals surface area (Å²) in [5.74, 6) is 0.930. The average Bonchev–Trinajstić information content (AvgIpc) is 2.77. The lowest BCUT2D eigenvalue weighted by Crippen LogP contribution is -2.47. The Labute approximate surface area is 182 Å². The molecule has 3 rings (SSSR count). The van der Waals surface area contributed by atoms with Crippen molar-refractivity contribution in [1.82, 2.24) is 20.4 Å². The fraction of sp³-hybridized carbons (Fsp3) is 0.696. The second kappa shape index (κ2) is 12.1. The van der Waals surface area contributed by atoms with Crippen LogP contribution in [0.4, 0.5) is 5.69 Å². The first-order valence-corrected chi connectivity index (χ1v) is 11.5. The zero-order valence-electron chi connectivity index (χ0n) is 19.1. The van der Waals surface area contributed by atoms with Crippen molar-refractivity contribution in [2.45, 2.75) is 20.8 Å². The molecule has 1 aromatic rings. The van der Waals surface area contributed by atoms with Crippen LogP contribution < -0.4 is 15.5 Å². The molecule has 2 heterocycles. The number of piperazine rings is 1. The van der Waals surface area contributed by atoms with E-state index >= 15 is 0 Å². The number of aryl methyl sites for hydroxylation is 1. The van der Waals surface area contributed by atoms with Gasteiger partial charge in [-0.3, -0.25) is 14.8 Å². The van der Waals surface area contributed by atoms with E-state index in [4.69, 9.17) is 9.73 Å². The largest absolute Gasteiger partial charge is 0.379 e. The monoisotopic (exact) mass is 416 g/mol. The normalized spacial score (nSPS) is 19.2. The van der Waals surface area contributed by atoms with Gasteiger partial charge in [-0.25, -0.2) is 0 Å². The summed E-state index contributed by atoms with van der Waals surface area (Å²) >= 11 is 0. The molecule has 1 aromatic carbocycles. The van der Waals surface area contributed by atoms with Crippen LogP contribution in [0.5, 0.6) is 0 Å². The first kappa shape index (κ1) is 22.8. The molecule has 0 aromatic heterocycles. The zero-order valence-corrected chi connectivity index (χ0v) is 19.1. The van der Waals surface area contributed by atoms with Gasteiger partial charge in [0, 0.05) is 71.1 Å². The molecule has 2 saturated heterocycles. The van der Waals surface area contributed by atoms with E-state index in [0.29, 0.717) is 0 Å². The second-order valence-electron chi connectivity index (χ2n) is 8.19. The minimum absolute atomic E-state index is 0.830. The molecule has 7 heteroatoms. The van der Waals surface area contributed by atoms with Gasteiger partial charge >= 0.3 is 0 Å². The molecule has 2 aliphatic rings. The van der Waals surface area contributed by atoms with Crippen molar-refractivity contribution < 1.29 is 4.74 Å². The van der Waals surface area contributed by atoms with Crippen molar-refractivity contribution in [2.75, 3.05) is 90.1 Å². The summed E-state index contributed by atoms with van der Waals surface area (Å²) in [4.78, 5) is 12.3. The van der Waals surface area contributed by atoms with Gasteiger partial charge in [-0.15, -0.1) is 0 Å². The lowest BCUT2D eigenvalue weighted by atomic mass is 10.1. The van der Waals surface area contributed by atoms with E-state index in [1.807, 2.05) is 0 Å². The first-order valence-electron chi connectivity index (χ1n) is 11.5. The highest BCUT2D eigenvalue weighted by Crippen LogP contribution is 2.23. The van der Waals surface area contributed by atoms with Gasteiger partial charge in [0.1, 0.15) is 0 Å². The molecule has 0 radical (unpaired) electrons. The lowest BCUT2D eigenvalue weighted by molar-refractivity contribution is 0.0389. The number of anilines is 1. The van der Waals surface area contributed by atoms with Crippen LogP contribution in [0.3, 0.4) is 0 Å². The minimum atomic E-state index is 0.830. The number of nitrogens with zero attached hydrogens (tertiary/aromatic N) is 4. The Morgan fingerprint density at radius 3 is 2.43 bits per heavy atom. The summed E-state index contributed by atoms with van der Waals surface area (Å²) in [5.41, 5.74) is 4.18. The maximum Gasteiger partial charge on any atom is 0.191 e. The van der Waals surface area contributed by atoms with Crippen molar-refractivity contribution >= 4 is 11.6 Å². The van der Waals surface area contributed by atoms with Crippen LogP contribution in [-0.4, -0.2) is 101 Å². The van der Waals surface area contributed by atoms with Crippen molar-refractivity contribution in [3.63, 3.8) is 0 Å². The SMILES string of the molecule is CCNC(=NCCN1CCN(c2cccc(C)c2C)CC1)NCCN1CCOCC1. The molecule has 168 valence electrons. The number of guanidine groups is 1. The van der Waals surface area contributed by atoms with Gasteiger partial charge < -0.3 is 20.3 Å². The molecule has 0 amide bonds. The van der Waals surface area contributed by atoms with E-state index in [2.05, 4.69) is 64.3 Å². The highest BCUT2D eigenvalue weighted by Gasteiger charge is 2.18. The minimum Gasteiger partial charge on any atom is -0.379 e. The number of morpholine rings is 1. The van der Waals surface area contributed by atoms with Crippen LogP contribution in [0.25, 0.3) is 0 Å². The molecule has 2 N–H and O–H groups in total. The molecule has 0 atom stereocenters. The maximum absolute atomic E-state index is 5.41. The predicted molar refractivity (Wildman–Crippen MR) is 126 cm³/mol. The topological polar surface area (TPSA) is 55.4 Å². The third-order valence-electron chi connectivity index (χ3n) is 6.14. The van der Waals surface area contributed by atoms with E-state index in [1.54, 1.807) is 0 Å². The number of hydrogen-bond donors (Lipinski definition) is 2. The predicted octanol–water partition coefficient (Wildman–Crippen LogP) is 1.31. The van der Waals surface area contributed by atoms with Crippen molar-refractivity contribution in [1.29, 1.82) is 0 Å². The second-order valence-corrected chi connectivity index (χ2v) is 8.19. The van der Waals surface area contributed by atoms with Crippen molar-refractivity contribution in [2.24, 2.45) is 4.99 Å². The van der Waals surface area contributed by atoms with Crippen molar-refractivity contribution in [3.8, 4) is 0 Å². The molecule has 2 aliphatic heterocycles. The van der Waals surface area contributed by atoms with Crippen molar-refractivity contribution in [3.05, 3.63) is 29.3 Å². The number of aliphatic imine (C=N–C) groups is 1. The highest BCUT2D eigenvalue weighted by molar-refractivity contribution is 5.79. The summed E-state index contributed by atoms with van der Waals surface area (Å²) in [6.45, 7) is 19.4. The van der Waals surface area contributed by atoms with Gasteiger partial charge in [0.15, 0.2) is 5.96 Å². The Kier molecular flexibility index (Phi) is 9.24. The number of ether oxygens (including phenoxy) is 1. The third-order valence-corrected chi connectivity index (χ3v) is 6.14. The van der Waals surface area contributed by atoms with E-state index in [-0.39, 0.29) is 0 Å². The third kappa shape index (κ3) is 6.86. The Balaban J connectivity index is 1.38. The molecular weight excluding hydrogens is 376 g/mol. The van der Waals surface area contributed by atoms with Gasteiger partial charge in [-0.05, 0) is 38.0 Å². The van der Waals surface area contributed by atoms with Gasteiger partial charge in [0.2, 0.25) is 0 Å². The smallest absolute Gasteiger partial charge is 0.191 e. The Hall–Kier alpha value is -1.83. The quantitative estimate of drug-likeness (QED) is 0.492. The Bertz CT molecular complexity index is 666.